The van der Waals surface area contributed by atoms with Crippen molar-refractivity contribution in [2.24, 2.45) is 0 Å². The molecule has 12 heavy (non-hydrogen) atoms. The van der Waals surface area contributed by atoms with Gasteiger partial charge in [0.15, 0.2) is 0 Å². The molecule has 0 aliphatic heterocycles. The summed E-state index contributed by atoms with van der Waals surface area (Å²) in [5.74, 6) is 0.694. The fourth-order valence-corrected chi connectivity index (χ4v) is 1.29. The van der Waals surface area contributed by atoms with Gasteiger partial charge >= 0.3 is 0 Å². The van der Waals surface area contributed by atoms with Crippen LogP contribution < -0.4 is 0 Å². The topological polar surface area (TPSA) is 72.0 Å². The minimum atomic E-state index is -0.230. The number of thiazole rings is 1. The van der Waals surface area contributed by atoms with E-state index in [-0.39, 0.29) is 12.5 Å². The van der Waals surface area contributed by atoms with Crippen molar-refractivity contribution in [2.75, 3.05) is 0 Å². The molecule has 5 nitrogen and oxygen atoms in total. The summed E-state index contributed by atoms with van der Waals surface area (Å²) in [5.41, 5.74) is 1.68. The third-order valence-electron chi connectivity index (χ3n) is 1.26. The van der Waals surface area contributed by atoms with Crippen LogP contribution in [0.1, 0.15) is 5.89 Å². The van der Waals surface area contributed by atoms with Gasteiger partial charge in [0.1, 0.15) is 6.61 Å². The molecule has 2 aromatic rings. The van der Waals surface area contributed by atoms with Crippen LogP contribution in [0.4, 0.5) is 0 Å². The molecule has 0 aliphatic rings. The average Bonchev–Trinajstić information content (AvgIpc) is 2.75. The highest BCUT2D eigenvalue weighted by Gasteiger charge is 2.07. The largest absolute Gasteiger partial charge is 0.387 e. The van der Waals surface area contributed by atoms with Gasteiger partial charge in [-0.3, -0.25) is 4.98 Å². The van der Waals surface area contributed by atoms with E-state index in [1.807, 2.05) is 0 Å². The van der Waals surface area contributed by atoms with E-state index in [4.69, 9.17) is 9.63 Å². The first kappa shape index (κ1) is 7.38. The summed E-state index contributed by atoms with van der Waals surface area (Å²) in [6.45, 7) is -0.230. The smallest absolute Gasteiger partial charge is 0.252 e. The zero-order valence-corrected chi connectivity index (χ0v) is 6.78. The van der Waals surface area contributed by atoms with E-state index >= 15 is 0 Å². The van der Waals surface area contributed by atoms with Gasteiger partial charge in [0.25, 0.3) is 5.89 Å². The highest BCUT2D eigenvalue weighted by Crippen LogP contribution is 2.19. The van der Waals surface area contributed by atoms with Crippen molar-refractivity contribution >= 4 is 11.3 Å². The summed E-state index contributed by atoms with van der Waals surface area (Å²) in [4.78, 5) is 8.61. The van der Waals surface area contributed by atoms with Crippen LogP contribution in [0.25, 0.3) is 10.7 Å². The second-order valence-corrected chi connectivity index (χ2v) is 2.92. The van der Waals surface area contributed by atoms with Crippen molar-refractivity contribution in [1.82, 2.24) is 15.1 Å². The fraction of sp³-hybridized carbons (Fsp3) is 0.167. The van der Waals surface area contributed by atoms with E-state index in [9.17, 15) is 0 Å². The van der Waals surface area contributed by atoms with Crippen LogP contribution in [-0.2, 0) is 6.61 Å². The molecule has 0 radical (unpaired) electrons. The molecular formula is C6H5N3O2S. The molecule has 0 atom stereocenters. The Morgan fingerprint density at radius 1 is 1.58 bits per heavy atom. The van der Waals surface area contributed by atoms with Gasteiger partial charge in [0.2, 0.25) is 5.82 Å². The van der Waals surface area contributed by atoms with Gasteiger partial charge < -0.3 is 9.63 Å². The van der Waals surface area contributed by atoms with E-state index in [1.165, 1.54) is 11.3 Å². The van der Waals surface area contributed by atoms with Crippen LogP contribution in [-0.4, -0.2) is 20.2 Å². The van der Waals surface area contributed by atoms with Crippen molar-refractivity contribution in [3.8, 4) is 10.7 Å². The number of rotatable bonds is 2. The maximum atomic E-state index is 8.64. The number of aliphatic hydroxyl groups is 1. The Balaban J connectivity index is 2.35. The van der Waals surface area contributed by atoms with Crippen molar-refractivity contribution < 1.29 is 9.63 Å². The molecule has 0 fully saturated rings. The molecule has 2 rings (SSSR count). The molecule has 0 saturated heterocycles. The number of hydrogen-bond acceptors (Lipinski definition) is 6. The van der Waals surface area contributed by atoms with E-state index < -0.39 is 0 Å². The third kappa shape index (κ3) is 1.21. The molecule has 2 aromatic heterocycles. The second-order valence-electron chi connectivity index (χ2n) is 2.04. The van der Waals surface area contributed by atoms with Crippen LogP contribution in [0.15, 0.2) is 16.2 Å². The van der Waals surface area contributed by atoms with Crippen LogP contribution in [0.3, 0.4) is 0 Å². The Labute approximate surface area is 71.7 Å². The zero-order chi connectivity index (χ0) is 8.39. The molecule has 62 valence electrons. The van der Waals surface area contributed by atoms with E-state index in [0.717, 1.165) is 4.88 Å². The Morgan fingerprint density at radius 3 is 3.08 bits per heavy atom. The standard InChI is InChI=1S/C6H5N3O2S/c10-2-5-8-6(9-11-5)4-1-7-3-12-4/h1,3,10H,2H2. The van der Waals surface area contributed by atoms with E-state index in [1.54, 1.807) is 11.7 Å². The SMILES string of the molecule is OCc1nc(-c2cncs2)no1. The second kappa shape index (κ2) is 3.00. The van der Waals surface area contributed by atoms with Gasteiger partial charge in [-0.15, -0.1) is 11.3 Å². The van der Waals surface area contributed by atoms with Gasteiger partial charge in [-0.25, -0.2) is 0 Å². The summed E-state index contributed by atoms with van der Waals surface area (Å²) in [6.07, 6.45) is 1.65. The number of nitrogens with zero attached hydrogens (tertiary/aromatic N) is 3. The van der Waals surface area contributed by atoms with Crippen molar-refractivity contribution in [3.63, 3.8) is 0 Å². The van der Waals surface area contributed by atoms with Gasteiger partial charge in [-0.05, 0) is 0 Å². The maximum Gasteiger partial charge on any atom is 0.252 e. The molecule has 1 N–H and O–H groups in total. The lowest BCUT2D eigenvalue weighted by Crippen LogP contribution is -1.81. The molecule has 6 heteroatoms. The molecule has 0 aromatic carbocycles. The maximum absolute atomic E-state index is 8.64. The molecule has 0 aliphatic carbocycles. The normalized spacial score (nSPS) is 10.4. The Bertz CT molecular complexity index is 357. The van der Waals surface area contributed by atoms with Crippen LogP contribution in [0.5, 0.6) is 0 Å². The van der Waals surface area contributed by atoms with Crippen molar-refractivity contribution in [2.45, 2.75) is 6.61 Å². The third-order valence-corrected chi connectivity index (χ3v) is 2.03. The molecule has 0 unspecified atom stereocenters. The highest BCUT2D eigenvalue weighted by atomic mass is 32.1. The van der Waals surface area contributed by atoms with E-state index in [2.05, 4.69) is 15.1 Å². The monoisotopic (exact) mass is 183 g/mol. The van der Waals surface area contributed by atoms with Crippen LogP contribution >= 0.6 is 11.3 Å². The van der Waals surface area contributed by atoms with E-state index in [0.29, 0.717) is 5.82 Å². The fourth-order valence-electron chi connectivity index (χ4n) is 0.745. The number of hydrogen-bond donors (Lipinski definition) is 1. The lowest BCUT2D eigenvalue weighted by Gasteiger charge is -1.80. The highest BCUT2D eigenvalue weighted by molar-refractivity contribution is 7.13. The average molecular weight is 183 g/mol. The minimum Gasteiger partial charge on any atom is -0.387 e. The molecule has 0 saturated carbocycles. The molecule has 0 bridgehead atoms. The zero-order valence-electron chi connectivity index (χ0n) is 5.97. The molecule has 2 heterocycles. The first-order valence-corrected chi connectivity index (χ1v) is 4.10. The van der Waals surface area contributed by atoms with Crippen molar-refractivity contribution in [1.29, 1.82) is 0 Å². The Morgan fingerprint density at radius 2 is 2.50 bits per heavy atom. The van der Waals surface area contributed by atoms with Crippen molar-refractivity contribution in [3.05, 3.63) is 17.6 Å². The predicted octanol–water partition coefficient (Wildman–Crippen LogP) is 0.685. The molecule has 0 amide bonds. The molecular weight excluding hydrogens is 178 g/mol. The quantitative estimate of drug-likeness (QED) is 0.741. The number of aliphatic hydroxyl groups excluding tert-OH is 1. The lowest BCUT2D eigenvalue weighted by molar-refractivity contribution is 0.222. The van der Waals surface area contributed by atoms with Gasteiger partial charge in [0, 0.05) is 6.20 Å². The predicted molar refractivity (Wildman–Crippen MR) is 41.3 cm³/mol. The van der Waals surface area contributed by atoms with Gasteiger partial charge in [-0.1, -0.05) is 5.16 Å². The van der Waals surface area contributed by atoms with Gasteiger partial charge in [0.05, 0.1) is 10.4 Å². The number of aromatic nitrogens is 3. The Kier molecular flexibility index (Phi) is 1.84. The summed E-state index contributed by atoms with van der Waals surface area (Å²) < 4.78 is 4.71. The summed E-state index contributed by atoms with van der Waals surface area (Å²) in [7, 11) is 0. The Hall–Kier alpha value is -1.27. The lowest BCUT2D eigenvalue weighted by atomic mass is 10.5. The first-order valence-electron chi connectivity index (χ1n) is 3.22. The summed E-state index contributed by atoms with van der Waals surface area (Å²) in [5, 5.41) is 12.3. The first-order chi connectivity index (χ1) is 5.90. The summed E-state index contributed by atoms with van der Waals surface area (Å²) in [6, 6.07) is 0. The van der Waals surface area contributed by atoms with Crippen LogP contribution in [0.2, 0.25) is 0 Å². The van der Waals surface area contributed by atoms with Gasteiger partial charge in [-0.2, -0.15) is 4.98 Å². The van der Waals surface area contributed by atoms with Crippen LogP contribution in [0, 0.1) is 0 Å². The summed E-state index contributed by atoms with van der Waals surface area (Å²) >= 11 is 1.42. The minimum absolute atomic E-state index is 0.221. The molecule has 0 spiro atoms.